The lowest BCUT2D eigenvalue weighted by molar-refractivity contribution is 0.347. The average molecular weight is 246 g/mol. The number of hydrogen-bond acceptors (Lipinski definition) is 4. The van der Waals surface area contributed by atoms with Gasteiger partial charge < -0.3 is 19.9 Å². The molecule has 1 rings (SSSR count). The summed E-state index contributed by atoms with van der Waals surface area (Å²) in [6.07, 6.45) is 0. The van der Waals surface area contributed by atoms with Crippen LogP contribution in [-0.4, -0.2) is 21.3 Å². The summed E-state index contributed by atoms with van der Waals surface area (Å²) in [4.78, 5) is 0. The zero-order valence-electron chi connectivity index (χ0n) is 9.83. The quantitative estimate of drug-likeness (QED) is 0.885. The van der Waals surface area contributed by atoms with Crippen molar-refractivity contribution < 1.29 is 14.2 Å². The summed E-state index contributed by atoms with van der Waals surface area (Å²) < 4.78 is 15.6. The van der Waals surface area contributed by atoms with Crippen molar-refractivity contribution in [1.82, 2.24) is 0 Å². The van der Waals surface area contributed by atoms with Crippen LogP contribution in [-0.2, 0) is 0 Å². The standard InChI is InChI=1S/C11H16ClNO3/c1-6(13)9-7(14-2)5-8(15-3)11(16-4)10(9)12/h5-6H,13H2,1-4H3. The van der Waals surface area contributed by atoms with Gasteiger partial charge in [-0.15, -0.1) is 0 Å². The molecule has 16 heavy (non-hydrogen) atoms. The van der Waals surface area contributed by atoms with Gasteiger partial charge in [0.05, 0.1) is 26.4 Å². The molecule has 1 unspecified atom stereocenters. The molecule has 0 radical (unpaired) electrons. The molecular formula is C11H16ClNO3. The number of ether oxygens (including phenoxy) is 3. The highest BCUT2D eigenvalue weighted by Crippen LogP contribution is 2.44. The summed E-state index contributed by atoms with van der Waals surface area (Å²) in [7, 11) is 4.63. The smallest absolute Gasteiger partial charge is 0.180 e. The Morgan fingerprint density at radius 2 is 1.69 bits per heavy atom. The molecule has 0 aromatic heterocycles. The maximum absolute atomic E-state index is 6.21. The molecule has 2 N–H and O–H groups in total. The maximum atomic E-state index is 6.21. The maximum Gasteiger partial charge on any atom is 0.180 e. The summed E-state index contributed by atoms with van der Waals surface area (Å²) in [6, 6.07) is 1.46. The molecule has 0 saturated carbocycles. The van der Waals surface area contributed by atoms with Crippen molar-refractivity contribution in [3.8, 4) is 17.2 Å². The van der Waals surface area contributed by atoms with E-state index in [1.807, 2.05) is 6.92 Å². The molecule has 0 spiro atoms. The van der Waals surface area contributed by atoms with Crippen molar-refractivity contribution in [2.75, 3.05) is 21.3 Å². The monoisotopic (exact) mass is 245 g/mol. The van der Waals surface area contributed by atoms with Crippen molar-refractivity contribution in [2.45, 2.75) is 13.0 Å². The van der Waals surface area contributed by atoms with E-state index in [0.717, 1.165) is 0 Å². The highest BCUT2D eigenvalue weighted by molar-refractivity contribution is 6.33. The summed E-state index contributed by atoms with van der Waals surface area (Å²) >= 11 is 6.21. The van der Waals surface area contributed by atoms with E-state index in [9.17, 15) is 0 Å². The van der Waals surface area contributed by atoms with E-state index in [4.69, 9.17) is 31.5 Å². The number of methoxy groups -OCH3 is 3. The molecule has 0 saturated heterocycles. The van der Waals surface area contributed by atoms with Gasteiger partial charge >= 0.3 is 0 Å². The molecule has 0 aliphatic heterocycles. The van der Waals surface area contributed by atoms with E-state index < -0.39 is 0 Å². The van der Waals surface area contributed by atoms with Gasteiger partial charge in [-0.25, -0.2) is 0 Å². The van der Waals surface area contributed by atoms with Gasteiger partial charge in [-0.3, -0.25) is 0 Å². The van der Waals surface area contributed by atoms with Crippen LogP contribution in [0.1, 0.15) is 18.5 Å². The normalized spacial score (nSPS) is 12.1. The molecule has 1 aromatic carbocycles. The predicted molar refractivity (Wildman–Crippen MR) is 63.7 cm³/mol. The fourth-order valence-electron chi connectivity index (χ4n) is 1.54. The third kappa shape index (κ3) is 2.18. The van der Waals surface area contributed by atoms with Crippen LogP contribution in [0, 0.1) is 0 Å². The van der Waals surface area contributed by atoms with Crippen LogP contribution in [0.4, 0.5) is 0 Å². The van der Waals surface area contributed by atoms with Crippen LogP contribution in [0.2, 0.25) is 5.02 Å². The predicted octanol–water partition coefficient (Wildman–Crippen LogP) is 2.39. The van der Waals surface area contributed by atoms with Crippen LogP contribution in [0.15, 0.2) is 6.07 Å². The first-order valence-corrected chi connectivity index (χ1v) is 5.18. The van der Waals surface area contributed by atoms with Crippen molar-refractivity contribution in [3.05, 3.63) is 16.7 Å². The van der Waals surface area contributed by atoms with E-state index in [1.165, 1.54) is 7.11 Å². The molecular weight excluding hydrogens is 230 g/mol. The van der Waals surface area contributed by atoms with Gasteiger partial charge in [0.25, 0.3) is 0 Å². The first-order valence-electron chi connectivity index (χ1n) is 4.80. The Kier molecular flexibility index (Phi) is 4.26. The Morgan fingerprint density at radius 3 is 2.06 bits per heavy atom. The molecule has 1 aromatic rings. The van der Waals surface area contributed by atoms with E-state index in [-0.39, 0.29) is 6.04 Å². The highest BCUT2D eigenvalue weighted by Gasteiger charge is 2.20. The molecule has 4 nitrogen and oxygen atoms in total. The zero-order valence-corrected chi connectivity index (χ0v) is 10.6. The lowest BCUT2D eigenvalue weighted by Gasteiger charge is -2.18. The molecule has 0 fully saturated rings. The summed E-state index contributed by atoms with van der Waals surface area (Å²) in [6.45, 7) is 1.83. The Labute approximate surface area is 100 Å². The first kappa shape index (κ1) is 12.9. The summed E-state index contributed by atoms with van der Waals surface area (Å²) in [5.41, 5.74) is 6.56. The number of benzene rings is 1. The minimum absolute atomic E-state index is 0.248. The summed E-state index contributed by atoms with van der Waals surface area (Å²) in [5.74, 6) is 1.59. The second-order valence-corrected chi connectivity index (χ2v) is 3.71. The van der Waals surface area contributed by atoms with E-state index in [2.05, 4.69) is 0 Å². The van der Waals surface area contributed by atoms with E-state index in [1.54, 1.807) is 20.3 Å². The molecule has 0 aliphatic carbocycles. The van der Waals surface area contributed by atoms with Crippen LogP contribution in [0.3, 0.4) is 0 Å². The van der Waals surface area contributed by atoms with Gasteiger partial charge in [0.15, 0.2) is 11.5 Å². The number of rotatable bonds is 4. The zero-order chi connectivity index (χ0) is 12.3. The highest BCUT2D eigenvalue weighted by atomic mass is 35.5. The van der Waals surface area contributed by atoms with Crippen molar-refractivity contribution >= 4 is 11.6 Å². The number of nitrogens with two attached hydrogens (primary N) is 1. The van der Waals surface area contributed by atoms with E-state index >= 15 is 0 Å². The topological polar surface area (TPSA) is 53.7 Å². The van der Waals surface area contributed by atoms with Gasteiger partial charge in [-0.2, -0.15) is 0 Å². The van der Waals surface area contributed by atoms with Crippen LogP contribution in [0.5, 0.6) is 17.2 Å². The van der Waals surface area contributed by atoms with Gasteiger partial charge in [0.1, 0.15) is 5.75 Å². The third-order valence-corrected chi connectivity index (χ3v) is 2.66. The minimum Gasteiger partial charge on any atom is -0.496 e. The molecule has 0 heterocycles. The Hall–Kier alpha value is -1.13. The fourth-order valence-corrected chi connectivity index (χ4v) is 1.97. The van der Waals surface area contributed by atoms with Crippen LogP contribution < -0.4 is 19.9 Å². The van der Waals surface area contributed by atoms with Gasteiger partial charge in [0.2, 0.25) is 0 Å². The molecule has 0 bridgehead atoms. The van der Waals surface area contributed by atoms with Crippen molar-refractivity contribution in [1.29, 1.82) is 0 Å². The van der Waals surface area contributed by atoms with Crippen molar-refractivity contribution in [3.63, 3.8) is 0 Å². The largest absolute Gasteiger partial charge is 0.496 e. The lowest BCUT2D eigenvalue weighted by atomic mass is 10.1. The molecule has 0 amide bonds. The Morgan fingerprint density at radius 1 is 1.12 bits per heavy atom. The number of halogens is 1. The molecule has 1 atom stereocenters. The second-order valence-electron chi connectivity index (χ2n) is 3.33. The minimum atomic E-state index is -0.248. The third-order valence-electron chi connectivity index (χ3n) is 2.29. The lowest BCUT2D eigenvalue weighted by Crippen LogP contribution is -2.09. The Bertz CT molecular complexity index is 380. The molecule has 0 aliphatic rings. The SMILES string of the molecule is COc1cc(OC)c(C(C)N)c(Cl)c1OC. The fraction of sp³-hybridized carbons (Fsp3) is 0.455. The number of hydrogen-bond donors (Lipinski definition) is 1. The van der Waals surface area contributed by atoms with Gasteiger partial charge in [-0.05, 0) is 6.92 Å². The first-order chi connectivity index (χ1) is 7.56. The van der Waals surface area contributed by atoms with Crippen molar-refractivity contribution in [2.24, 2.45) is 5.73 Å². The second kappa shape index (κ2) is 5.27. The average Bonchev–Trinajstić information content (AvgIpc) is 2.26. The van der Waals surface area contributed by atoms with E-state index in [0.29, 0.717) is 27.8 Å². The van der Waals surface area contributed by atoms with Crippen LogP contribution >= 0.6 is 11.6 Å². The van der Waals surface area contributed by atoms with Gasteiger partial charge in [-0.1, -0.05) is 11.6 Å². The molecule has 5 heteroatoms. The Balaban J connectivity index is 3.48. The van der Waals surface area contributed by atoms with Gasteiger partial charge in [0, 0.05) is 17.7 Å². The molecule has 90 valence electrons. The summed E-state index contributed by atoms with van der Waals surface area (Å²) in [5, 5.41) is 0.425. The van der Waals surface area contributed by atoms with Crippen LogP contribution in [0.25, 0.3) is 0 Å².